The summed E-state index contributed by atoms with van der Waals surface area (Å²) in [6.45, 7) is 1.08. The van der Waals surface area contributed by atoms with Crippen molar-refractivity contribution in [2.75, 3.05) is 26.4 Å². The maximum Gasteiger partial charge on any atom is 0.309 e. The first-order chi connectivity index (χ1) is 14.7. The summed E-state index contributed by atoms with van der Waals surface area (Å²) in [6.07, 6.45) is 2.55. The van der Waals surface area contributed by atoms with Gasteiger partial charge < -0.3 is 18.9 Å². The fraction of sp³-hybridized carbons (Fsp3) is 0.417. The molecule has 3 rings (SSSR count). The van der Waals surface area contributed by atoms with E-state index in [0.29, 0.717) is 38.9 Å². The van der Waals surface area contributed by atoms with Gasteiger partial charge in [-0.05, 0) is 49.9 Å². The molecule has 0 heterocycles. The van der Waals surface area contributed by atoms with Crippen LogP contribution in [-0.4, -0.2) is 38.4 Å². The Hall–Kier alpha value is -3.02. The van der Waals surface area contributed by atoms with Crippen LogP contribution < -0.4 is 9.47 Å². The number of hydrogen-bond donors (Lipinski definition) is 0. The van der Waals surface area contributed by atoms with E-state index in [1.807, 2.05) is 60.7 Å². The second-order valence-corrected chi connectivity index (χ2v) is 7.21. The standard InChI is InChI=1S/C24H28O6/c25-23(29-17-15-27-21-7-3-1-4-8-21)19-11-13-20(14-12-19)24(26)30-18-16-28-22-9-5-2-6-10-22/h1-10,19-20H,11-18H2. The lowest BCUT2D eigenvalue weighted by Gasteiger charge is -2.26. The lowest BCUT2D eigenvalue weighted by Crippen LogP contribution is -2.29. The second kappa shape index (κ2) is 11.9. The van der Waals surface area contributed by atoms with Gasteiger partial charge in [-0.3, -0.25) is 9.59 Å². The maximum atomic E-state index is 12.2. The summed E-state index contributed by atoms with van der Waals surface area (Å²) in [6, 6.07) is 18.8. The van der Waals surface area contributed by atoms with Crippen molar-refractivity contribution < 1.29 is 28.5 Å². The predicted octanol–water partition coefficient (Wildman–Crippen LogP) is 4.04. The Kier molecular flexibility index (Phi) is 8.57. The lowest BCUT2D eigenvalue weighted by molar-refractivity contribution is -0.155. The van der Waals surface area contributed by atoms with Gasteiger partial charge in [0.05, 0.1) is 11.8 Å². The van der Waals surface area contributed by atoms with E-state index in [1.54, 1.807) is 0 Å². The van der Waals surface area contributed by atoms with Gasteiger partial charge in [-0.25, -0.2) is 0 Å². The van der Waals surface area contributed by atoms with E-state index in [1.165, 1.54) is 0 Å². The molecule has 6 nitrogen and oxygen atoms in total. The summed E-state index contributed by atoms with van der Waals surface area (Å²) >= 11 is 0. The quantitative estimate of drug-likeness (QED) is 0.433. The fourth-order valence-electron chi connectivity index (χ4n) is 3.44. The SMILES string of the molecule is O=C(OCCOc1ccccc1)C1CCC(C(=O)OCCOc2ccccc2)CC1. The van der Waals surface area contributed by atoms with Crippen LogP contribution in [0.25, 0.3) is 0 Å². The minimum Gasteiger partial charge on any atom is -0.490 e. The molecule has 1 aliphatic carbocycles. The van der Waals surface area contributed by atoms with Crippen molar-refractivity contribution in [1.82, 2.24) is 0 Å². The number of ether oxygens (including phenoxy) is 4. The summed E-state index contributed by atoms with van der Waals surface area (Å²) in [5.74, 6) is 0.757. The third-order valence-electron chi connectivity index (χ3n) is 5.07. The van der Waals surface area contributed by atoms with Crippen molar-refractivity contribution >= 4 is 11.9 Å². The minimum atomic E-state index is -0.213. The van der Waals surface area contributed by atoms with Crippen LogP contribution in [0, 0.1) is 11.8 Å². The minimum absolute atomic E-state index is 0.160. The third kappa shape index (κ3) is 7.10. The molecule has 0 saturated heterocycles. The Morgan fingerprint density at radius 1 is 0.600 bits per heavy atom. The summed E-state index contributed by atoms with van der Waals surface area (Å²) in [5, 5.41) is 0. The number of carbonyl (C=O) groups excluding carboxylic acids is 2. The van der Waals surface area contributed by atoms with Crippen LogP contribution in [0.4, 0.5) is 0 Å². The average Bonchev–Trinajstić information content (AvgIpc) is 2.81. The van der Waals surface area contributed by atoms with Gasteiger partial charge in [0, 0.05) is 0 Å². The van der Waals surface area contributed by atoms with Gasteiger partial charge in [-0.2, -0.15) is 0 Å². The molecule has 0 N–H and O–H groups in total. The fourth-order valence-corrected chi connectivity index (χ4v) is 3.44. The smallest absolute Gasteiger partial charge is 0.309 e. The van der Waals surface area contributed by atoms with Gasteiger partial charge in [0.1, 0.15) is 37.9 Å². The highest BCUT2D eigenvalue weighted by Gasteiger charge is 2.31. The first-order valence-corrected chi connectivity index (χ1v) is 10.4. The van der Waals surface area contributed by atoms with Gasteiger partial charge in [0.2, 0.25) is 0 Å². The van der Waals surface area contributed by atoms with E-state index in [-0.39, 0.29) is 37.0 Å². The van der Waals surface area contributed by atoms with Crippen molar-refractivity contribution in [2.24, 2.45) is 11.8 Å². The monoisotopic (exact) mass is 412 g/mol. The highest BCUT2D eigenvalue weighted by Crippen LogP contribution is 2.30. The molecular weight excluding hydrogens is 384 g/mol. The number of esters is 2. The molecule has 0 aromatic heterocycles. The molecular formula is C24H28O6. The van der Waals surface area contributed by atoms with E-state index in [9.17, 15) is 9.59 Å². The summed E-state index contributed by atoms with van der Waals surface area (Å²) in [7, 11) is 0. The van der Waals surface area contributed by atoms with Crippen LogP contribution in [0.1, 0.15) is 25.7 Å². The molecule has 160 valence electrons. The molecule has 1 saturated carbocycles. The average molecular weight is 412 g/mol. The highest BCUT2D eigenvalue weighted by molar-refractivity contribution is 5.75. The first kappa shape index (κ1) is 21.7. The molecule has 30 heavy (non-hydrogen) atoms. The number of hydrogen-bond acceptors (Lipinski definition) is 6. The van der Waals surface area contributed by atoms with Crippen LogP contribution in [0.15, 0.2) is 60.7 Å². The van der Waals surface area contributed by atoms with Gasteiger partial charge in [-0.1, -0.05) is 36.4 Å². The Morgan fingerprint density at radius 2 is 0.967 bits per heavy atom. The van der Waals surface area contributed by atoms with Gasteiger partial charge >= 0.3 is 11.9 Å². The van der Waals surface area contributed by atoms with Crippen LogP contribution in [0.5, 0.6) is 11.5 Å². The van der Waals surface area contributed by atoms with Gasteiger partial charge in [0.25, 0.3) is 0 Å². The number of rotatable bonds is 10. The maximum absolute atomic E-state index is 12.2. The van der Waals surface area contributed by atoms with Crippen molar-refractivity contribution in [1.29, 1.82) is 0 Å². The molecule has 0 amide bonds. The van der Waals surface area contributed by atoms with Crippen LogP contribution in [0.2, 0.25) is 0 Å². The van der Waals surface area contributed by atoms with E-state index >= 15 is 0 Å². The van der Waals surface area contributed by atoms with Crippen molar-refractivity contribution in [3.05, 3.63) is 60.7 Å². The second-order valence-electron chi connectivity index (χ2n) is 7.21. The zero-order valence-corrected chi connectivity index (χ0v) is 17.0. The zero-order valence-electron chi connectivity index (χ0n) is 17.0. The molecule has 2 aromatic carbocycles. The third-order valence-corrected chi connectivity index (χ3v) is 5.07. The Bertz CT molecular complexity index is 701. The first-order valence-electron chi connectivity index (χ1n) is 10.4. The van der Waals surface area contributed by atoms with Crippen molar-refractivity contribution in [3.63, 3.8) is 0 Å². The number of benzene rings is 2. The summed E-state index contributed by atoms with van der Waals surface area (Å²) < 4.78 is 21.7. The molecule has 0 spiro atoms. The largest absolute Gasteiger partial charge is 0.490 e. The Balaban J connectivity index is 1.26. The lowest BCUT2D eigenvalue weighted by atomic mass is 9.82. The van der Waals surface area contributed by atoms with E-state index in [2.05, 4.69) is 0 Å². The van der Waals surface area contributed by atoms with Gasteiger partial charge in [0.15, 0.2) is 0 Å². The van der Waals surface area contributed by atoms with Crippen molar-refractivity contribution in [3.8, 4) is 11.5 Å². The molecule has 1 aliphatic rings. The molecule has 2 aromatic rings. The molecule has 0 unspecified atom stereocenters. The summed E-state index contributed by atoms with van der Waals surface area (Å²) in [5.41, 5.74) is 0. The van der Waals surface area contributed by atoms with Crippen LogP contribution in [0.3, 0.4) is 0 Å². The molecule has 0 aliphatic heterocycles. The predicted molar refractivity (Wildman–Crippen MR) is 111 cm³/mol. The van der Waals surface area contributed by atoms with E-state index in [0.717, 1.165) is 11.5 Å². The molecule has 0 bridgehead atoms. The molecule has 1 fully saturated rings. The number of carbonyl (C=O) groups is 2. The van der Waals surface area contributed by atoms with Crippen LogP contribution >= 0.6 is 0 Å². The summed E-state index contributed by atoms with van der Waals surface area (Å²) in [4.78, 5) is 24.4. The Morgan fingerprint density at radius 3 is 1.33 bits per heavy atom. The van der Waals surface area contributed by atoms with Crippen LogP contribution in [-0.2, 0) is 19.1 Å². The Labute approximate surface area is 177 Å². The van der Waals surface area contributed by atoms with E-state index < -0.39 is 0 Å². The van der Waals surface area contributed by atoms with Gasteiger partial charge in [-0.15, -0.1) is 0 Å². The molecule has 6 heteroatoms. The highest BCUT2D eigenvalue weighted by atomic mass is 16.6. The topological polar surface area (TPSA) is 71.1 Å². The normalized spacial score (nSPS) is 18.3. The number of para-hydroxylation sites is 2. The zero-order chi connectivity index (χ0) is 21.0. The van der Waals surface area contributed by atoms with Crippen molar-refractivity contribution in [2.45, 2.75) is 25.7 Å². The molecule has 0 atom stereocenters. The van der Waals surface area contributed by atoms with E-state index in [4.69, 9.17) is 18.9 Å². The molecule has 0 radical (unpaired) electrons.